The molecule has 0 aliphatic rings. The third-order valence-corrected chi connectivity index (χ3v) is 7.27. The summed E-state index contributed by atoms with van der Waals surface area (Å²) in [6.07, 6.45) is 0. The molecular formula is C19H24N2O5S2. The number of benzene rings is 1. The number of nitrogens with one attached hydrogen (secondary N) is 1. The van der Waals surface area contributed by atoms with Gasteiger partial charge in [0.1, 0.15) is 4.88 Å². The average Bonchev–Trinajstić information content (AvgIpc) is 3.03. The van der Waals surface area contributed by atoms with Gasteiger partial charge >= 0.3 is 5.97 Å². The Bertz CT molecular complexity index is 945. The van der Waals surface area contributed by atoms with Crippen LogP contribution in [0.3, 0.4) is 0 Å². The van der Waals surface area contributed by atoms with E-state index in [1.807, 2.05) is 0 Å². The Balaban J connectivity index is 2.16. The third-order valence-electron chi connectivity index (χ3n) is 4.08. The Labute approximate surface area is 169 Å². The number of rotatable bonds is 8. The second-order valence-electron chi connectivity index (χ2n) is 5.91. The van der Waals surface area contributed by atoms with Crippen LogP contribution in [0.1, 0.15) is 46.4 Å². The van der Waals surface area contributed by atoms with Gasteiger partial charge in [-0.25, -0.2) is 13.2 Å². The summed E-state index contributed by atoms with van der Waals surface area (Å²) in [5.74, 6) is -0.806. The molecule has 0 unspecified atom stereocenters. The van der Waals surface area contributed by atoms with Gasteiger partial charge in [0.05, 0.1) is 16.5 Å². The number of hydrogen-bond donors (Lipinski definition) is 1. The predicted octanol–water partition coefficient (Wildman–Crippen LogP) is 3.52. The number of nitrogens with zero attached hydrogens (tertiary/aromatic N) is 1. The van der Waals surface area contributed by atoms with Gasteiger partial charge in [-0.15, -0.1) is 11.3 Å². The number of carbonyl (C=O) groups excluding carboxylic acids is 2. The average molecular weight is 425 g/mol. The fourth-order valence-electron chi connectivity index (χ4n) is 2.62. The zero-order valence-corrected chi connectivity index (χ0v) is 17.9. The van der Waals surface area contributed by atoms with Crippen LogP contribution in [0, 0.1) is 6.92 Å². The molecule has 1 N–H and O–H groups in total. The first-order chi connectivity index (χ1) is 13.2. The second kappa shape index (κ2) is 9.31. The highest BCUT2D eigenvalue weighted by Crippen LogP contribution is 2.28. The first-order valence-electron chi connectivity index (χ1n) is 8.93. The lowest BCUT2D eigenvalue weighted by Crippen LogP contribution is -2.30. The molecular weight excluding hydrogens is 400 g/mol. The molecule has 28 heavy (non-hydrogen) atoms. The van der Waals surface area contributed by atoms with Crippen LogP contribution in [-0.4, -0.2) is 44.3 Å². The van der Waals surface area contributed by atoms with Crippen molar-refractivity contribution in [3.05, 3.63) is 46.3 Å². The predicted molar refractivity (Wildman–Crippen MR) is 110 cm³/mol. The van der Waals surface area contributed by atoms with Crippen molar-refractivity contribution < 1.29 is 22.7 Å². The van der Waals surface area contributed by atoms with Gasteiger partial charge in [0, 0.05) is 18.7 Å². The van der Waals surface area contributed by atoms with Crippen molar-refractivity contribution in [2.45, 2.75) is 32.6 Å². The maximum absolute atomic E-state index is 12.5. The van der Waals surface area contributed by atoms with Gasteiger partial charge in [-0.2, -0.15) is 4.31 Å². The Kier molecular flexibility index (Phi) is 7.34. The molecule has 1 heterocycles. The molecule has 7 nitrogen and oxygen atoms in total. The summed E-state index contributed by atoms with van der Waals surface area (Å²) in [7, 11) is -3.57. The van der Waals surface area contributed by atoms with Crippen molar-refractivity contribution in [2.75, 3.05) is 25.0 Å². The quantitative estimate of drug-likeness (QED) is 0.655. The standard InChI is InChI=1S/C19H24N2O5S2/c1-5-21(6-2)28(24,25)15-10-8-14(9-11-15)18(22)20-16-12-13(4)17(27-16)19(23)26-7-3/h8-12H,5-7H2,1-4H3,(H,20,22). The zero-order chi connectivity index (χ0) is 20.9. The highest BCUT2D eigenvalue weighted by Gasteiger charge is 2.22. The fraction of sp³-hybridized carbons (Fsp3) is 0.368. The minimum atomic E-state index is -3.57. The maximum atomic E-state index is 12.5. The minimum Gasteiger partial charge on any atom is -0.462 e. The number of esters is 1. The SMILES string of the molecule is CCOC(=O)c1sc(NC(=O)c2ccc(S(=O)(=O)N(CC)CC)cc2)cc1C. The van der Waals surface area contributed by atoms with Crippen LogP contribution in [0.15, 0.2) is 35.2 Å². The van der Waals surface area contributed by atoms with E-state index in [0.717, 1.165) is 16.9 Å². The molecule has 0 saturated carbocycles. The highest BCUT2D eigenvalue weighted by molar-refractivity contribution is 7.89. The van der Waals surface area contributed by atoms with Crippen molar-refractivity contribution in [3.8, 4) is 0 Å². The van der Waals surface area contributed by atoms with Crippen LogP contribution < -0.4 is 5.32 Å². The molecule has 1 aromatic carbocycles. The smallest absolute Gasteiger partial charge is 0.348 e. The zero-order valence-electron chi connectivity index (χ0n) is 16.3. The molecule has 0 atom stereocenters. The number of amides is 1. The molecule has 0 radical (unpaired) electrons. The first-order valence-corrected chi connectivity index (χ1v) is 11.2. The van der Waals surface area contributed by atoms with E-state index in [9.17, 15) is 18.0 Å². The molecule has 0 aliphatic carbocycles. The Morgan fingerprint density at radius 3 is 2.25 bits per heavy atom. The normalized spacial score (nSPS) is 11.5. The van der Waals surface area contributed by atoms with E-state index in [2.05, 4.69) is 5.32 Å². The van der Waals surface area contributed by atoms with E-state index < -0.39 is 16.0 Å². The Morgan fingerprint density at radius 2 is 1.71 bits per heavy atom. The van der Waals surface area contributed by atoms with Crippen LogP contribution in [0.25, 0.3) is 0 Å². The molecule has 2 rings (SSSR count). The number of thiophene rings is 1. The molecule has 152 valence electrons. The summed E-state index contributed by atoms with van der Waals surface area (Å²) < 4.78 is 31.4. The van der Waals surface area contributed by atoms with Gasteiger partial charge in [0.15, 0.2) is 0 Å². The van der Waals surface area contributed by atoms with Gasteiger partial charge in [-0.1, -0.05) is 13.8 Å². The van der Waals surface area contributed by atoms with Crippen LogP contribution in [0.4, 0.5) is 5.00 Å². The number of carbonyl (C=O) groups is 2. The fourth-order valence-corrected chi connectivity index (χ4v) is 5.04. The van der Waals surface area contributed by atoms with E-state index in [4.69, 9.17) is 4.74 Å². The van der Waals surface area contributed by atoms with Crippen molar-refractivity contribution >= 4 is 38.2 Å². The van der Waals surface area contributed by atoms with Crippen molar-refractivity contribution in [1.29, 1.82) is 0 Å². The van der Waals surface area contributed by atoms with Gasteiger partial charge in [-0.05, 0) is 49.7 Å². The summed E-state index contributed by atoms with van der Waals surface area (Å²) in [5.41, 5.74) is 1.04. The summed E-state index contributed by atoms with van der Waals surface area (Å²) in [6.45, 7) is 8.08. The maximum Gasteiger partial charge on any atom is 0.348 e. The lowest BCUT2D eigenvalue weighted by atomic mass is 10.2. The molecule has 1 amide bonds. The van der Waals surface area contributed by atoms with Gasteiger partial charge in [0.2, 0.25) is 10.0 Å². The third kappa shape index (κ3) is 4.78. The largest absolute Gasteiger partial charge is 0.462 e. The number of aryl methyl sites for hydroxylation is 1. The number of anilines is 1. The monoisotopic (exact) mass is 424 g/mol. The van der Waals surface area contributed by atoms with Crippen LogP contribution in [0.5, 0.6) is 0 Å². The lowest BCUT2D eigenvalue weighted by molar-refractivity contribution is 0.0531. The second-order valence-corrected chi connectivity index (χ2v) is 8.90. The molecule has 1 aromatic heterocycles. The summed E-state index contributed by atoms with van der Waals surface area (Å²) in [4.78, 5) is 24.9. The first kappa shape index (κ1) is 22.1. The van der Waals surface area contributed by atoms with Crippen molar-refractivity contribution in [2.24, 2.45) is 0 Å². The van der Waals surface area contributed by atoms with E-state index in [1.165, 1.54) is 28.6 Å². The van der Waals surface area contributed by atoms with Crippen LogP contribution in [0.2, 0.25) is 0 Å². The number of hydrogen-bond acceptors (Lipinski definition) is 6. The Hall–Kier alpha value is -2.23. The van der Waals surface area contributed by atoms with Gasteiger partial charge < -0.3 is 10.1 Å². The summed E-state index contributed by atoms with van der Waals surface area (Å²) >= 11 is 1.14. The van der Waals surface area contributed by atoms with E-state index in [-0.39, 0.29) is 17.4 Å². The Morgan fingerprint density at radius 1 is 1.11 bits per heavy atom. The van der Waals surface area contributed by atoms with E-state index in [1.54, 1.807) is 33.8 Å². The molecule has 0 bridgehead atoms. The van der Waals surface area contributed by atoms with E-state index >= 15 is 0 Å². The van der Waals surface area contributed by atoms with Gasteiger partial charge in [-0.3, -0.25) is 4.79 Å². The molecule has 2 aromatic rings. The molecule has 0 aliphatic heterocycles. The van der Waals surface area contributed by atoms with Gasteiger partial charge in [0.25, 0.3) is 5.91 Å². The lowest BCUT2D eigenvalue weighted by Gasteiger charge is -2.18. The van der Waals surface area contributed by atoms with Crippen LogP contribution in [-0.2, 0) is 14.8 Å². The topological polar surface area (TPSA) is 92.8 Å². The van der Waals surface area contributed by atoms with Crippen molar-refractivity contribution in [3.63, 3.8) is 0 Å². The molecule has 0 fully saturated rings. The highest BCUT2D eigenvalue weighted by atomic mass is 32.2. The summed E-state index contributed by atoms with van der Waals surface area (Å²) in [5, 5.41) is 3.25. The van der Waals surface area contributed by atoms with E-state index in [0.29, 0.717) is 28.5 Å². The summed E-state index contributed by atoms with van der Waals surface area (Å²) in [6, 6.07) is 7.49. The minimum absolute atomic E-state index is 0.143. The molecule has 0 spiro atoms. The van der Waals surface area contributed by atoms with Crippen molar-refractivity contribution in [1.82, 2.24) is 4.31 Å². The van der Waals surface area contributed by atoms with Crippen LogP contribution >= 0.6 is 11.3 Å². The molecule has 0 saturated heterocycles. The molecule has 9 heteroatoms. The number of ether oxygens (including phenoxy) is 1. The number of sulfonamides is 1.